The molecule has 3 rings (SSSR count). The molecule has 0 spiro atoms. The molecule has 3 aromatic rings. The number of aryl methyl sites for hydroxylation is 1. The van der Waals surface area contributed by atoms with E-state index in [0.29, 0.717) is 17.1 Å². The Bertz CT molecular complexity index is 1080. The van der Waals surface area contributed by atoms with Crippen LogP contribution in [0.3, 0.4) is 0 Å². The topological polar surface area (TPSA) is 75.3 Å². The monoisotopic (exact) mass is 428 g/mol. The molecule has 0 atom stereocenters. The summed E-state index contributed by atoms with van der Waals surface area (Å²) in [5.41, 5.74) is 3.28. The largest absolute Gasteiger partial charge is 0.348 e. The van der Waals surface area contributed by atoms with Gasteiger partial charge >= 0.3 is 0 Å². The summed E-state index contributed by atoms with van der Waals surface area (Å²) in [5, 5.41) is 3.42. The summed E-state index contributed by atoms with van der Waals surface area (Å²) in [6, 6.07) is 20.8. The van der Waals surface area contributed by atoms with Crippen LogP contribution in [0.1, 0.15) is 27.0 Å². The first kappa shape index (κ1) is 21.0. The van der Waals surface area contributed by atoms with E-state index in [1.807, 2.05) is 31.2 Å². The minimum absolute atomic E-state index is 0.184. The second kappa shape index (κ2) is 9.22. The Labute approximate surface area is 175 Å². The van der Waals surface area contributed by atoms with Crippen molar-refractivity contribution in [3.8, 4) is 0 Å². The Morgan fingerprint density at radius 2 is 1.38 bits per heavy atom. The van der Waals surface area contributed by atoms with Gasteiger partial charge in [-0.25, -0.2) is 13.1 Å². The molecule has 0 aromatic heterocycles. The van der Waals surface area contributed by atoms with E-state index in [0.717, 1.165) is 16.7 Å². The highest BCUT2D eigenvalue weighted by atomic mass is 35.5. The number of halogens is 1. The van der Waals surface area contributed by atoms with Gasteiger partial charge in [-0.3, -0.25) is 4.79 Å². The second-order valence-electron chi connectivity index (χ2n) is 6.64. The van der Waals surface area contributed by atoms with Crippen molar-refractivity contribution >= 4 is 27.5 Å². The van der Waals surface area contributed by atoms with Crippen molar-refractivity contribution < 1.29 is 13.2 Å². The van der Waals surface area contributed by atoms with Gasteiger partial charge in [0.15, 0.2) is 0 Å². The SMILES string of the molecule is Cc1ccc(S(=O)(=O)NCc2ccc(CNC(=O)c3ccc(Cl)cc3)cc2)cc1. The Kier molecular flexibility index (Phi) is 6.69. The number of hydrogen-bond donors (Lipinski definition) is 2. The summed E-state index contributed by atoms with van der Waals surface area (Å²) in [7, 11) is -3.56. The minimum Gasteiger partial charge on any atom is -0.348 e. The zero-order valence-corrected chi connectivity index (χ0v) is 17.4. The smallest absolute Gasteiger partial charge is 0.251 e. The van der Waals surface area contributed by atoms with Crippen molar-refractivity contribution in [2.75, 3.05) is 0 Å². The van der Waals surface area contributed by atoms with E-state index in [1.54, 1.807) is 48.5 Å². The van der Waals surface area contributed by atoms with E-state index >= 15 is 0 Å². The van der Waals surface area contributed by atoms with Crippen molar-refractivity contribution in [3.63, 3.8) is 0 Å². The standard InChI is InChI=1S/C22H21ClN2O3S/c1-16-2-12-21(13-3-16)29(27,28)25-15-18-6-4-17(5-7-18)14-24-22(26)19-8-10-20(23)11-9-19/h2-13,25H,14-15H2,1H3,(H,24,26). The van der Waals surface area contributed by atoms with Gasteiger partial charge in [0.1, 0.15) is 0 Å². The summed E-state index contributed by atoms with van der Waals surface area (Å²) in [6.45, 7) is 2.47. The fraction of sp³-hybridized carbons (Fsp3) is 0.136. The van der Waals surface area contributed by atoms with Gasteiger partial charge in [0.25, 0.3) is 5.91 Å². The Morgan fingerprint density at radius 3 is 1.97 bits per heavy atom. The predicted octanol–water partition coefficient (Wildman–Crippen LogP) is 4.06. The Hall–Kier alpha value is -2.67. The van der Waals surface area contributed by atoms with Gasteiger partial charge in [0, 0.05) is 23.7 Å². The molecule has 1 amide bonds. The lowest BCUT2D eigenvalue weighted by atomic mass is 10.1. The summed E-state index contributed by atoms with van der Waals surface area (Å²) >= 11 is 5.82. The van der Waals surface area contributed by atoms with Crippen molar-refractivity contribution in [1.29, 1.82) is 0 Å². The second-order valence-corrected chi connectivity index (χ2v) is 8.85. The molecule has 2 N–H and O–H groups in total. The first-order chi connectivity index (χ1) is 13.8. The molecule has 0 heterocycles. The highest BCUT2D eigenvalue weighted by Gasteiger charge is 2.13. The van der Waals surface area contributed by atoms with Crippen molar-refractivity contribution in [2.24, 2.45) is 0 Å². The summed E-state index contributed by atoms with van der Waals surface area (Å²) < 4.78 is 27.3. The third kappa shape index (κ3) is 5.90. The third-order valence-corrected chi connectivity index (χ3v) is 6.05. The average molecular weight is 429 g/mol. The maximum absolute atomic E-state index is 12.4. The number of amides is 1. The number of sulfonamides is 1. The van der Waals surface area contributed by atoms with Gasteiger partial charge in [0.05, 0.1) is 4.90 Å². The van der Waals surface area contributed by atoms with Gasteiger partial charge in [-0.05, 0) is 54.4 Å². The van der Waals surface area contributed by atoms with E-state index in [9.17, 15) is 13.2 Å². The molecule has 0 aliphatic carbocycles. The van der Waals surface area contributed by atoms with Crippen LogP contribution in [0.2, 0.25) is 5.02 Å². The van der Waals surface area contributed by atoms with E-state index < -0.39 is 10.0 Å². The predicted molar refractivity (Wildman–Crippen MR) is 114 cm³/mol. The van der Waals surface area contributed by atoms with Crippen LogP contribution in [0.25, 0.3) is 0 Å². The number of carbonyl (C=O) groups is 1. The van der Waals surface area contributed by atoms with E-state index in [-0.39, 0.29) is 17.3 Å². The quantitative estimate of drug-likeness (QED) is 0.596. The molecule has 0 radical (unpaired) electrons. The van der Waals surface area contributed by atoms with Crippen LogP contribution >= 0.6 is 11.6 Å². The molecule has 0 aliphatic heterocycles. The fourth-order valence-corrected chi connectivity index (χ4v) is 3.78. The van der Waals surface area contributed by atoms with Crippen LogP contribution in [0.5, 0.6) is 0 Å². The minimum atomic E-state index is -3.56. The summed E-state index contributed by atoms with van der Waals surface area (Å²) in [4.78, 5) is 12.4. The zero-order valence-electron chi connectivity index (χ0n) is 15.9. The highest BCUT2D eigenvalue weighted by Crippen LogP contribution is 2.12. The van der Waals surface area contributed by atoms with Gasteiger partial charge in [0.2, 0.25) is 10.0 Å². The normalized spacial score (nSPS) is 11.2. The highest BCUT2D eigenvalue weighted by molar-refractivity contribution is 7.89. The maximum atomic E-state index is 12.4. The average Bonchev–Trinajstić information content (AvgIpc) is 2.72. The number of hydrogen-bond acceptors (Lipinski definition) is 3. The van der Waals surface area contributed by atoms with E-state index in [2.05, 4.69) is 10.0 Å². The third-order valence-electron chi connectivity index (χ3n) is 4.38. The first-order valence-corrected chi connectivity index (χ1v) is 10.9. The molecular weight excluding hydrogens is 408 g/mol. The van der Waals surface area contributed by atoms with Gasteiger partial charge in [-0.15, -0.1) is 0 Å². The van der Waals surface area contributed by atoms with Crippen LogP contribution in [0.15, 0.2) is 77.7 Å². The number of rotatable bonds is 7. The molecule has 0 bridgehead atoms. The van der Waals surface area contributed by atoms with E-state index in [1.165, 1.54) is 0 Å². The molecular formula is C22H21ClN2O3S. The van der Waals surface area contributed by atoms with Crippen molar-refractivity contribution in [2.45, 2.75) is 24.9 Å². The molecule has 3 aromatic carbocycles. The van der Waals surface area contributed by atoms with Crippen LogP contribution < -0.4 is 10.0 Å². The van der Waals surface area contributed by atoms with Crippen molar-refractivity contribution in [3.05, 3.63) is 100 Å². The molecule has 5 nitrogen and oxygen atoms in total. The van der Waals surface area contributed by atoms with Gasteiger partial charge < -0.3 is 5.32 Å². The molecule has 0 aliphatic rings. The molecule has 29 heavy (non-hydrogen) atoms. The molecule has 0 unspecified atom stereocenters. The summed E-state index contributed by atoms with van der Waals surface area (Å²) in [5.74, 6) is -0.184. The molecule has 0 saturated heterocycles. The fourth-order valence-electron chi connectivity index (χ4n) is 2.64. The number of carbonyl (C=O) groups excluding carboxylic acids is 1. The molecule has 7 heteroatoms. The van der Waals surface area contributed by atoms with Crippen LogP contribution in [-0.2, 0) is 23.1 Å². The zero-order chi connectivity index (χ0) is 20.9. The molecule has 0 saturated carbocycles. The van der Waals surface area contributed by atoms with Crippen LogP contribution in [0.4, 0.5) is 0 Å². The van der Waals surface area contributed by atoms with Crippen LogP contribution in [-0.4, -0.2) is 14.3 Å². The van der Waals surface area contributed by atoms with Crippen LogP contribution in [0, 0.1) is 6.92 Å². The maximum Gasteiger partial charge on any atom is 0.251 e. The Morgan fingerprint density at radius 1 is 0.828 bits per heavy atom. The lowest BCUT2D eigenvalue weighted by Crippen LogP contribution is -2.23. The first-order valence-electron chi connectivity index (χ1n) is 9.01. The summed E-state index contributed by atoms with van der Waals surface area (Å²) in [6.07, 6.45) is 0. The number of benzene rings is 3. The number of nitrogens with one attached hydrogen (secondary N) is 2. The molecule has 150 valence electrons. The van der Waals surface area contributed by atoms with Gasteiger partial charge in [-0.1, -0.05) is 53.6 Å². The lowest BCUT2D eigenvalue weighted by molar-refractivity contribution is 0.0951. The van der Waals surface area contributed by atoms with E-state index in [4.69, 9.17) is 11.6 Å². The Balaban J connectivity index is 1.54. The van der Waals surface area contributed by atoms with Crippen molar-refractivity contribution in [1.82, 2.24) is 10.0 Å². The lowest BCUT2D eigenvalue weighted by Gasteiger charge is -2.09. The molecule has 0 fully saturated rings. The van der Waals surface area contributed by atoms with Gasteiger partial charge in [-0.2, -0.15) is 0 Å².